The van der Waals surface area contributed by atoms with E-state index in [0.29, 0.717) is 0 Å². The Morgan fingerprint density at radius 2 is 0.879 bits per heavy atom. The van der Waals surface area contributed by atoms with Crippen LogP contribution in [0.1, 0.15) is 22.3 Å². The molecule has 4 aromatic rings. The number of fused-ring (bicyclic) bond motifs is 2. The SMILES string of the molecule is Cc1cccc2cc(S(=O)(=O)[O-])cc(C)c12.Cc1cccc2cc(S(=O)(=O)[O-])cc(C)c12.[Ca+2]. The van der Waals surface area contributed by atoms with E-state index in [1.807, 2.05) is 64.1 Å². The quantitative estimate of drug-likeness (QED) is 0.293. The van der Waals surface area contributed by atoms with Crippen molar-refractivity contribution in [2.45, 2.75) is 37.5 Å². The largest absolute Gasteiger partial charge is 2.00 e. The van der Waals surface area contributed by atoms with Crippen LogP contribution in [-0.4, -0.2) is 63.7 Å². The number of rotatable bonds is 2. The van der Waals surface area contributed by atoms with Gasteiger partial charge in [-0.25, -0.2) is 16.8 Å². The van der Waals surface area contributed by atoms with Crippen molar-refractivity contribution in [1.29, 1.82) is 0 Å². The van der Waals surface area contributed by atoms with Crippen molar-refractivity contribution in [2.75, 3.05) is 0 Å². The summed E-state index contributed by atoms with van der Waals surface area (Å²) in [7, 11) is -8.76. The number of benzene rings is 4. The Morgan fingerprint density at radius 1 is 0.545 bits per heavy atom. The third-order valence-electron chi connectivity index (χ3n) is 5.29. The normalized spacial score (nSPS) is 11.6. The molecule has 168 valence electrons. The molecule has 0 fully saturated rings. The molecule has 4 aromatic carbocycles. The molecule has 33 heavy (non-hydrogen) atoms. The second-order valence-electron chi connectivity index (χ2n) is 7.73. The Labute approximate surface area is 224 Å². The van der Waals surface area contributed by atoms with Crippen molar-refractivity contribution in [3.05, 3.63) is 82.9 Å². The predicted molar refractivity (Wildman–Crippen MR) is 129 cm³/mol. The Bertz CT molecular complexity index is 1440. The average molecular weight is 511 g/mol. The van der Waals surface area contributed by atoms with Gasteiger partial charge in [-0.05, 0) is 95.8 Å². The summed E-state index contributed by atoms with van der Waals surface area (Å²) in [5.41, 5.74) is 3.77. The van der Waals surface area contributed by atoms with Crippen molar-refractivity contribution >= 4 is 79.5 Å². The summed E-state index contributed by atoms with van der Waals surface area (Å²) >= 11 is 0. The zero-order valence-corrected chi connectivity index (χ0v) is 22.6. The molecule has 0 aromatic heterocycles. The maximum atomic E-state index is 11.0. The van der Waals surface area contributed by atoms with E-state index in [1.165, 1.54) is 24.3 Å². The van der Waals surface area contributed by atoms with Gasteiger partial charge in [-0.15, -0.1) is 0 Å². The molecule has 0 aliphatic heterocycles. The van der Waals surface area contributed by atoms with E-state index >= 15 is 0 Å². The molecule has 0 aliphatic carbocycles. The molecule has 0 bridgehead atoms. The molecule has 6 nitrogen and oxygen atoms in total. The van der Waals surface area contributed by atoms with E-state index in [1.54, 1.807) is 0 Å². The third-order valence-corrected chi connectivity index (χ3v) is 6.92. The summed E-state index contributed by atoms with van der Waals surface area (Å²) in [4.78, 5) is -0.328. The Hall–Kier alpha value is -1.52. The van der Waals surface area contributed by atoms with Gasteiger partial charge in [0, 0.05) is 0 Å². The molecule has 0 spiro atoms. The summed E-state index contributed by atoms with van der Waals surface area (Å²) in [5, 5.41) is 3.59. The molecule has 0 aliphatic rings. The Morgan fingerprint density at radius 3 is 1.18 bits per heavy atom. The van der Waals surface area contributed by atoms with Crippen LogP contribution in [0.2, 0.25) is 0 Å². The first-order valence-electron chi connectivity index (χ1n) is 9.71. The van der Waals surface area contributed by atoms with Gasteiger partial charge in [0.2, 0.25) is 0 Å². The number of aryl methyl sites for hydroxylation is 4. The van der Waals surface area contributed by atoms with Gasteiger partial charge in [0.15, 0.2) is 0 Å². The fourth-order valence-corrected chi connectivity index (χ4v) is 5.13. The van der Waals surface area contributed by atoms with Crippen LogP contribution in [0, 0.1) is 27.7 Å². The molecule has 0 atom stereocenters. The predicted octanol–water partition coefficient (Wildman–Crippen LogP) is 4.34. The molecular formula is C24H22CaO6S2. The fraction of sp³-hybridized carbons (Fsp3) is 0.167. The van der Waals surface area contributed by atoms with Crippen LogP contribution in [0.25, 0.3) is 21.5 Å². The smallest absolute Gasteiger partial charge is 0.744 e. The first kappa shape index (κ1) is 27.7. The maximum absolute atomic E-state index is 11.0. The first-order chi connectivity index (χ1) is 14.8. The second-order valence-corrected chi connectivity index (χ2v) is 10.5. The van der Waals surface area contributed by atoms with E-state index in [2.05, 4.69) is 0 Å². The Balaban J connectivity index is 0.000000227. The summed E-state index contributed by atoms with van der Waals surface area (Å²) < 4.78 is 65.7. The topological polar surface area (TPSA) is 114 Å². The van der Waals surface area contributed by atoms with Crippen LogP contribution in [-0.2, 0) is 20.2 Å². The van der Waals surface area contributed by atoms with E-state index in [9.17, 15) is 25.9 Å². The van der Waals surface area contributed by atoms with Gasteiger partial charge in [0.05, 0.1) is 9.79 Å². The third kappa shape index (κ3) is 6.33. The van der Waals surface area contributed by atoms with Crippen molar-refractivity contribution in [2.24, 2.45) is 0 Å². The minimum atomic E-state index is -4.38. The Kier molecular flexibility index (Phi) is 8.73. The van der Waals surface area contributed by atoms with Gasteiger partial charge in [0.25, 0.3) is 0 Å². The van der Waals surface area contributed by atoms with Gasteiger partial charge in [0.1, 0.15) is 20.2 Å². The van der Waals surface area contributed by atoms with Crippen LogP contribution >= 0.6 is 0 Å². The van der Waals surface area contributed by atoms with E-state index in [0.717, 1.165) is 43.8 Å². The molecule has 0 unspecified atom stereocenters. The molecule has 4 rings (SSSR count). The molecule has 0 N–H and O–H groups in total. The van der Waals surface area contributed by atoms with Crippen LogP contribution in [0.3, 0.4) is 0 Å². The monoisotopic (exact) mass is 510 g/mol. The van der Waals surface area contributed by atoms with E-state index in [-0.39, 0.29) is 47.5 Å². The van der Waals surface area contributed by atoms with Gasteiger partial charge in [-0.1, -0.05) is 36.4 Å². The van der Waals surface area contributed by atoms with Crippen LogP contribution in [0.4, 0.5) is 0 Å². The molecule has 0 saturated carbocycles. The standard InChI is InChI=1S/2C12H12O3S.Ca/c2*1-8-4-3-5-10-7-11(16(13,14)15)6-9(2)12(8)10;/h2*3-7H,1-2H3,(H,13,14,15);/q;;+2/p-2. The zero-order valence-electron chi connectivity index (χ0n) is 18.7. The molecule has 0 radical (unpaired) electrons. The minimum absolute atomic E-state index is 0. The first-order valence-corrected chi connectivity index (χ1v) is 12.5. The van der Waals surface area contributed by atoms with Gasteiger partial charge in [-0.2, -0.15) is 0 Å². The summed E-state index contributed by atoms with van der Waals surface area (Å²) in [6.07, 6.45) is 0. The maximum Gasteiger partial charge on any atom is 2.00 e. The zero-order chi connectivity index (χ0) is 23.8. The van der Waals surface area contributed by atoms with Crippen molar-refractivity contribution in [3.8, 4) is 0 Å². The molecule has 0 heterocycles. The van der Waals surface area contributed by atoms with Crippen molar-refractivity contribution in [1.82, 2.24) is 0 Å². The van der Waals surface area contributed by atoms with Gasteiger partial charge >= 0.3 is 37.7 Å². The summed E-state index contributed by atoms with van der Waals surface area (Å²) in [6, 6.07) is 16.9. The van der Waals surface area contributed by atoms with Crippen LogP contribution in [0.5, 0.6) is 0 Å². The molecule has 0 saturated heterocycles. The summed E-state index contributed by atoms with van der Waals surface area (Å²) in [6.45, 7) is 7.54. The molecule has 0 amide bonds. The minimum Gasteiger partial charge on any atom is -0.744 e. The van der Waals surface area contributed by atoms with Crippen molar-refractivity contribution < 1.29 is 25.9 Å². The van der Waals surface area contributed by atoms with Crippen molar-refractivity contribution in [3.63, 3.8) is 0 Å². The van der Waals surface area contributed by atoms with Crippen LogP contribution < -0.4 is 0 Å². The number of hydrogen-bond donors (Lipinski definition) is 0. The number of hydrogen-bond acceptors (Lipinski definition) is 6. The summed E-state index contributed by atoms with van der Waals surface area (Å²) in [5.74, 6) is 0. The molecule has 9 heteroatoms. The van der Waals surface area contributed by atoms with E-state index in [4.69, 9.17) is 0 Å². The van der Waals surface area contributed by atoms with Crippen LogP contribution in [0.15, 0.2) is 70.5 Å². The molecular weight excluding hydrogens is 488 g/mol. The van der Waals surface area contributed by atoms with Gasteiger partial charge < -0.3 is 9.11 Å². The van der Waals surface area contributed by atoms with E-state index < -0.39 is 20.2 Å². The fourth-order valence-electron chi connectivity index (χ4n) is 3.95. The van der Waals surface area contributed by atoms with Gasteiger partial charge in [-0.3, -0.25) is 0 Å². The average Bonchev–Trinajstić information content (AvgIpc) is 2.66. The second kappa shape index (κ2) is 10.4.